The third-order valence-electron chi connectivity index (χ3n) is 4.24. The highest BCUT2D eigenvalue weighted by Gasteiger charge is 2.28. The van der Waals surface area contributed by atoms with Gasteiger partial charge in [0, 0.05) is 18.9 Å². The van der Waals surface area contributed by atoms with E-state index in [2.05, 4.69) is 20.4 Å². The van der Waals surface area contributed by atoms with E-state index in [1.54, 1.807) is 25.3 Å². The number of nitrogens with one attached hydrogen (secondary N) is 1. The van der Waals surface area contributed by atoms with Crippen LogP contribution in [-0.2, 0) is 6.54 Å². The maximum Gasteiger partial charge on any atom is 0.422 e. The molecule has 0 aliphatic heterocycles. The number of amides is 1. The second-order valence-electron chi connectivity index (χ2n) is 6.81. The number of alkyl halides is 3. The molecule has 0 spiro atoms. The molecule has 12 heteroatoms. The quantitative estimate of drug-likeness (QED) is 0.482. The molecule has 3 aromatic rings. The Balaban J connectivity index is 1.75. The highest BCUT2D eigenvalue weighted by molar-refractivity contribution is 6.04. The molecule has 166 valence electrons. The lowest BCUT2D eigenvalue weighted by atomic mass is 10.2. The minimum atomic E-state index is -4.44. The van der Waals surface area contributed by atoms with Crippen LogP contribution in [0.5, 0.6) is 5.75 Å². The van der Waals surface area contributed by atoms with Gasteiger partial charge in [0.1, 0.15) is 11.4 Å². The van der Waals surface area contributed by atoms with Gasteiger partial charge in [0.2, 0.25) is 0 Å². The first-order chi connectivity index (χ1) is 14.7. The Hall–Kier alpha value is -3.25. The van der Waals surface area contributed by atoms with Crippen molar-refractivity contribution >= 4 is 16.8 Å². The molecule has 3 aromatic heterocycles. The van der Waals surface area contributed by atoms with E-state index in [4.69, 9.17) is 9.84 Å². The molecule has 1 atom stereocenters. The minimum absolute atomic E-state index is 0.0416. The first-order valence-electron chi connectivity index (χ1n) is 9.20. The van der Waals surface area contributed by atoms with E-state index in [1.807, 2.05) is 0 Å². The third-order valence-corrected chi connectivity index (χ3v) is 4.24. The number of nitrogens with zero attached hydrogens (tertiary/aromatic N) is 4. The largest absolute Gasteiger partial charge is 0.482 e. The maximum atomic E-state index is 12.4. The average Bonchev–Trinajstić information content (AvgIpc) is 3.12. The number of hydrogen-bond acceptors (Lipinski definition) is 7. The normalized spacial score (nSPS) is 12.7. The summed E-state index contributed by atoms with van der Waals surface area (Å²) in [5.74, 6) is -0.488. The molecular weight excluding hydrogens is 419 g/mol. The fourth-order valence-corrected chi connectivity index (χ4v) is 2.78. The lowest BCUT2D eigenvalue weighted by Gasteiger charge is -2.11. The molecule has 0 bridgehead atoms. The number of hydrogen-bond donors (Lipinski definition) is 3. The molecule has 0 aliphatic rings. The minimum Gasteiger partial charge on any atom is -0.482 e. The molecule has 1 amide bonds. The number of aliphatic hydroxyl groups is 2. The van der Waals surface area contributed by atoms with E-state index in [0.717, 1.165) is 0 Å². The van der Waals surface area contributed by atoms with E-state index >= 15 is 0 Å². The van der Waals surface area contributed by atoms with Crippen LogP contribution in [0.25, 0.3) is 10.9 Å². The second kappa shape index (κ2) is 9.27. The number of carbonyl (C=O) groups excluding carboxylic acids is 1. The second-order valence-corrected chi connectivity index (χ2v) is 6.81. The summed E-state index contributed by atoms with van der Waals surface area (Å²) < 4.78 is 43.2. The van der Waals surface area contributed by atoms with Gasteiger partial charge in [-0.1, -0.05) is 0 Å². The van der Waals surface area contributed by atoms with Gasteiger partial charge >= 0.3 is 6.18 Å². The van der Waals surface area contributed by atoms with Crippen LogP contribution in [0.15, 0.2) is 30.7 Å². The average molecular weight is 439 g/mol. The van der Waals surface area contributed by atoms with Crippen molar-refractivity contribution in [2.24, 2.45) is 0 Å². The van der Waals surface area contributed by atoms with Crippen LogP contribution in [-0.4, -0.2) is 67.9 Å². The summed E-state index contributed by atoms with van der Waals surface area (Å²) in [6.45, 7) is -0.189. The molecule has 9 nitrogen and oxygen atoms in total. The van der Waals surface area contributed by atoms with Crippen molar-refractivity contribution in [2.75, 3.05) is 19.8 Å². The van der Waals surface area contributed by atoms with Crippen molar-refractivity contribution in [3.8, 4) is 5.75 Å². The monoisotopic (exact) mass is 439 g/mol. The van der Waals surface area contributed by atoms with Crippen LogP contribution in [0.1, 0.15) is 21.7 Å². The van der Waals surface area contributed by atoms with Crippen molar-refractivity contribution in [1.82, 2.24) is 25.1 Å². The number of ether oxygens (including phenoxy) is 1. The fourth-order valence-electron chi connectivity index (χ4n) is 2.78. The van der Waals surface area contributed by atoms with Crippen molar-refractivity contribution < 1.29 is 32.9 Å². The topological polar surface area (TPSA) is 122 Å². The van der Waals surface area contributed by atoms with Gasteiger partial charge in [0.05, 0.1) is 42.0 Å². The van der Waals surface area contributed by atoms with Gasteiger partial charge in [0.25, 0.3) is 5.91 Å². The highest BCUT2D eigenvalue weighted by atomic mass is 19.4. The molecule has 0 fully saturated rings. The standard InChI is InChI=1S/C19H20F3N5O4/c1-11-4-12(24-6-16(11)31-10-19(20,21)22)7-27-8-14-15(26-27)2-3-23-17(14)18(30)25-5-13(29)9-28/h2-4,6,8,13,28-29H,5,7,9-10H2,1H3,(H,25,30)/t13-/m1/s1. The molecule has 3 rings (SSSR count). The molecule has 0 unspecified atom stereocenters. The number of aliphatic hydroxyl groups excluding tert-OH is 2. The molecule has 0 saturated heterocycles. The van der Waals surface area contributed by atoms with Crippen molar-refractivity contribution in [2.45, 2.75) is 25.7 Å². The van der Waals surface area contributed by atoms with Gasteiger partial charge < -0.3 is 20.3 Å². The van der Waals surface area contributed by atoms with Crippen molar-refractivity contribution in [3.05, 3.63) is 47.7 Å². The number of halogens is 3. The summed E-state index contributed by atoms with van der Waals surface area (Å²) in [5, 5.41) is 25.5. The zero-order valence-electron chi connectivity index (χ0n) is 16.4. The summed E-state index contributed by atoms with van der Waals surface area (Å²) in [7, 11) is 0. The van der Waals surface area contributed by atoms with Crippen LogP contribution in [0.3, 0.4) is 0 Å². The maximum absolute atomic E-state index is 12.4. The molecule has 3 N–H and O–H groups in total. The van der Waals surface area contributed by atoms with E-state index < -0.39 is 31.4 Å². The number of carbonyl (C=O) groups is 1. The number of aryl methyl sites for hydroxylation is 1. The Morgan fingerprint density at radius 3 is 2.81 bits per heavy atom. The van der Waals surface area contributed by atoms with E-state index in [9.17, 15) is 23.1 Å². The summed E-state index contributed by atoms with van der Waals surface area (Å²) >= 11 is 0. The zero-order chi connectivity index (χ0) is 22.6. The summed E-state index contributed by atoms with van der Waals surface area (Å²) in [6.07, 6.45) is -1.26. The number of fused-ring (bicyclic) bond motifs is 1. The van der Waals surface area contributed by atoms with Crippen LogP contribution in [0.2, 0.25) is 0 Å². The Bertz CT molecular complexity index is 1070. The van der Waals surface area contributed by atoms with Gasteiger partial charge in [-0.2, -0.15) is 18.3 Å². The lowest BCUT2D eigenvalue weighted by Crippen LogP contribution is -2.34. The molecular formula is C19H20F3N5O4. The molecule has 0 aromatic carbocycles. The van der Waals surface area contributed by atoms with Gasteiger partial charge in [-0.25, -0.2) is 0 Å². The number of pyridine rings is 2. The van der Waals surface area contributed by atoms with Crippen molar-refractivity contribution in [3.63, 3.8) is 0 Å². The lowest BCUT2D eigenvalue weighted by molar-refractivity contribution is -0.153. The predicted molar refractivity (Wildman–Crippen MR) is 103 cm³/mol. The van der Waals surface area contributed by atoms with E-state index in [1.165, 1.54) is 17.1 Å². The Kier molecular flexibility index (Phi) is 6.71. The summed E-state index contributed by atoms with van der Waals surface area (Å²) in [5.41, 5.74) is 1.64. The SMILES string of the molecule is Cc1cc(Cn2cc3c(C(=O)NC[C@@H](O)CO)nccc3n2)ncc1OCC(F)(F)F. The van der Waals surface area contributed by atoms with Gasteiger partial charge in [-0.05, 0) is 24.6 Å². The predicted octanol–water partition coefficient (Wildman–Crippen LogP) is 1.21. The number of rotatable bonds is 8. The van der Waals surface area contributed by atoms with E-state index in [-0.39, 0.29) is 24.5 Å². The van der Waals surface area contributed by atoms with Crippen LogP contribution in [0.4, 0.5) is 13.2 Å². The Morgan fingerprint density at radius 1 is 1.35 bits per heavy atom. The van der Waals surface area contributed by atoms with Crippen LogP contribution in [0, 0.1) is 6.92 Å². The first-order valence-corrected chi connectivity index (χ1v) is 9.20. The van der Waals surface area contributed by atoms with Gasteiger partial charge in [0.15, 0.2) is 6.61 Å². The molecule has 0 aliphatic carbocycles. The molecule has 3 heterocycles. The molecule has 0 radical (unpaired) electrons. The molecule has 31 heavy (non-hydrogen) atoms. The van der Waals surface area contributed by atoms with Gasteiger partial charge in [-0.15, -0.1) is 0 Å². The smallest absolute Gasteiger partial charge is 0.422 e. The van der Waals surface area contributed by atoms with Crippen LogP contribution < -0.4 is 10.1 Å². The third kappa shape index (κ3) is 5.89. The fraction of sp³-hybridized carbons (Fsp3) is 0.368. The first kappa shape index (κ1) is 22.4. The zero-order valence-corrected chi connectivity index (χ0v) is 16.4. The summed E-state index contributed by atoms with van der Waals surface area (Å²) in [4.78, 5) is 20.5. The van der Waals surface area contributed by atoms with Crippen LogP contribution >= 0.6 is 0 Å². The van der Waals surface area contributed by atoms with Crippen molar-refractivity contribution in [1.29, 1.82) is 0 Å². The summed E-state index contributed by atoms with van der Waals surface area (Å²) in [6, 6.07) is 3.22. The highest BCUT2D eigenvalue weighted by Crippen LogP contribution is 2.22. The molecule has 0 saturated carbocycles. The van der Waals surface area contributed by atoms with Gasteiger partial charge in [-0.3, -0.25) is 19.4 Å². The Labute approximate surface area is 174 Å². The Morgan fingerprint density at radius 2 is 2.13 bits per heavy atom. The van der Waals surface area contributed by atoms with E-state index in [0.29, 0.717) is 22.2 Å². The number of aromatic nitrogens is 4.